The molecule has 0 rings (SSSR count). The Labute approximate surface area is 344 Å². The highest BCUT2D eigenvalue weighted by Crippen LogP contribution is 2.43. The molecule has 56 heavy (non-hydrogen) atoms. The van der Waals surface area contributed by atoms with E-state index in [4.69, 9.17) is 39.6 Å². The normalized spacial score (nSPS) is 10.6. The number of carboxylic acids is 5. The van der Waals surface area contributed by atoms with E-state index in [1.54, 1.807) is 0 Å². The van der Waals surface area contributed by atoms with Crippen LogP contribution in [0.5, 0.6) is 0 Å². The Hall–Kier alpha value is -2.65. The highest BCUT2D eigenvalue weighted by molar-refractivity contribution is 5.74. The van der Waals surface area contributed by atoms with Gasteiger partial charge < -0.3 is 25.5 Å². The van der Waals surface area contributed by atoms with Crippen LogP contribution in [0.3, 0.4) is 0 Å². The Bertz CT molecular complexity index is 795. The van der Waals surface area contributed by atoms with Crippen molar-refractivity contribution in [2.75, 3.05) is 0 Å². The number of unbranched alkanes of at least 4 members (excludes halogenated alkanes) is 17. The van der Waals surface area contributed by atoms with Gasteiger partial charge in [0, 0.05) is 27.7 Å². The van der Waals surface area contributed by atoms with Gasteiger partial charge in [-0.25, -0.2) is 0 Å². The van der Waals surface area contributed by atoms with Gasteiger partial charge in [0.1, 0.15) is 0 Å². The van der Waals surface area contributed by atoms with Gasteiger partial charge >= 0.3 is 5.97 Å². The zero-order chi connectivity index (χ0) is 44.1. The minimum atomic E-state index is -0.833. The van der Waals surface area contributed by atoms with E-state index >= 15 is 0 Å². The van der Waals surface area contributed by atoms with Crippen LogP contribution in [-0.4, -0.2) is 55.4 Å². The van der Waals surface area contributed by atoms with Crippen LogP contribution in [0.1, 0.15) is 255 Å². The van der Waals surface area contributed by atoms with Gasteiger partial charge in [0.15, 0.2) is 0 Å². The van der Waals surface area contributed by atoms with E-state index in [1.807, 2.05) is 0 Å². The summed E-state index contributed by atoms with van der Waals surface area (Å²) in [5.74, 6) is -3.84. The molecule has 10 heteroatoms. The van der Waals surface area contributed by atoms with Crippen LogP contribution in [0.15, 0.2) is 0 Å². The van der Waals surface area contributed by atoms with Crippen molar-refractivity contribution in [3.8, 4) is 0 Å². The van der Waals surface area contributed by atoms with Crippen molar-refractivity contribution in [1.82, 2.24) is 0 Å². The van der Waals surface area contributed by atoms with Gasteiger partial charge in [-0.2, -0.15) is 0 Å². The summed E-state index contributed by atoms with van der Waals surface area (Å²) in [6, 6.07) is 0. The SMILES string of the molecule is CC(=O)O.CC(=O)O.CC(=O)O.CC(=O)O.CCCCCCC(CCCCCC)(CCCCCC)CCCCCC(CCCCCC)(CCCCCC)C(=O)O. The number of hydrogen-bond donors (Lipinski definition) is 5. The molecule has 0 spiro atoms. The third kappa shape index (κ3) is 55.7. The van der Waals surface area contributed by atoms with E-state index in [0.717, 1.165) is 66.2 Å². The number of hydrogen-bond acceptors (Lipinski definition) is 5. The van der Waals surface area contributed by atoms with E-state index in [9.17, 15) is 9.90 Å². The number of carbonyl (C=O) groups is 5. The average molecular weight is 805 g/mol. The van der Waals surface area contributed by atoms with Crippen molar-refractivity contribution in [3.05, 3.63) is 0 Å². The average Bonchev–Trinajstić information content (AvgIpc) is 3.09. The second-order valence-electron chi connectivity index (χ2n) is 15.8. The smallest absolute Gasteiger partial charge is 0.309 e. The third-order valence-electron chi connectivity index (χ3n) is 10.0. The molecule has 0 amide bonds. The molecule has 0 fully saturated rings. The minimum absolute atomic E-state index is 0.473. The quantitative estimate of drug-likeness (QED) is 0.0410. The van der Waals surface area contributed by atoms with Crippen LogP contribution in [-0.2, 0) is 24.0 Å². The van der Waals surface area contributed by atoms with E-state index in [2.05, 4.69) is 34.6 Å². The Morgan fingerprint density at radius 2 is 0.464 bits per heavy atom. The third-order valence-corrected chi connectivity index (χ3v) is 10.0. The lowest BCUT2D eigenvalue weighted by Gasteiger charge is -2.35. The maximum atomic E-state index is 12.7. The molecule has 5 N–H and O–H groups in total. The molecule has 10 nitrogen and oxygen atoms in total. The number of rotatable bonds is 32. The monoisotopic (exact) mass is 805 g/mol. The van der Waals surface area contributed by atoms with Gasteiger partial charge in [-0.05, 0) is 50.4 Å². The maximum absolute atomic E-state index is 12.7. The molecule has 0 aliphatic carbocycles. The summed E-state index contributed by atoms with van der Waals surface area (Å²) in [6.07, 6.45) is 38.0. The maximum Gasteiger partial charge on any atom is 0.309 e. The molecule has 0 aliphatic rings. The van der Waals surface area contributed by atoms with Crippen molar-refractivity contribution < 1.29 is 49.5 Å². The highest BCUT2D eigenvalue weighted by Gasteiger charge is 2.37. The second kappa shape index (κ2) is 46.7. The molecular weight excluding hydrogens is 712 g/mol. The largest absolute Gasteiger partial charge is 0.481 e. The van der Waals surface area contributed by atoms with Crippen LogP contribution in [0.4, 0.5) is 0 Å². The lowest BCUT2D eigenvalue weighted by Crippen LogP contribution is -2.31. The summed E-state index contributed by atoms with van der Waals surface area (Å²) >= 11 is 0. The van der Waals surface area contributed by atoms with Crippen LogP contribution in [0, 0.1) is 10.8 Å². The molecule has 0 saturated carbocycles. The first-order valence-corrected chi connectivity index (χ1v) is 22.4. The molecule has 0 aromatic heterocycles. The Morgan fingerprint density at radius 3 is 0.625 bits per heavy atom. The topological polar surface area (TPSA) is 186 Å². The summed E-state index contributed by atoms with van der Waals surface area (Å²) < 4.78 is 0. The Morgan fingerprint density at radius 1 is 0.304 bits per heavy atom. The molecule has 0 bridgehead atoms. The molecule has 0 radical (unpaired) electrons. The molecule has 0 atom stereocenters. The molecule has 336 valence electrons. The zero-order valence-electron chi connectivity index (χ0n) is 38.0. The Kier molecular flexibility index (Phi) is 52.2. The van der Waals surface area contributed by atoms with Gasteiger partial charge in [-0.3, -0.25) is 24.0 Å². The fraction of sp³-hybridized carbons (Fsp3) is 0.891. The Balaban J connectivity index is -0.000000454. The molecular formula is C46H92O10. The lowest BCUT2D eigenvalue weighted by molar-refractivity contribution is -0.151. The molecule has 0 aromatic carbocycles. The first-order valence-electron chi connectivity index (χ1n) is 22.4. The van der Waals surface area contributed by atoms with Crippen molar-refractivity contribution in [2.24, 2.45) is 10.8 Å². The predicted molar refractivity (Wildman–Crippen MR) is 233 cm³/mol. The molecule has 0 heterocycles. The number of aliphatic carboxylic acids is 5. The van der Waals surface area contributed by atoms with E-state index < -0.39 is 35.3 Å². The zero-order valence-corrected chi connectivity index (χ0v) is 38.0. The van der Waals surface area contributed by atoms with Crippen molar-refractivity contribution in [1.29, 1.82) is 0 Å². The highest BCUT2D eigenvalue weighted by atomic mass is 16.4. The predicted octanol–water partition coefficient (Wildman–Crippen LogP) is 14.2. The molecule has 0 aliphatic heterocycles. The number of carboxylic acid groups (broad SMARTS) is 5. The van der Waals surface area contributed by atoms with Gasteiger partial charge in [0.2, 0.25) is 0 Å². The van der Waals surface area contributed by atoms with Crippen molar-refractivity contribution in [2.45, 2.75) is 255 Å². The standard InChI is InChI=1S/C38H76O2.4C2H4O2/c1-6-11-16-22-29-37(30-23-17-12-7-2,31-24-18-13-8-3)32-25-21-28-35-38(36(39)40,33-26-19-14-9-4)34-27-20-15-10-5;4*1-2(3)4/h6-35H2,1-5H3,(H,39,40);4*1H3,(H,3,4). The molecule has 0 unspecified atom stereocenters. The van der Waals surface area contributed by atoms with Gasteiger partial charge in [0.05, 0.1) is 5.41 Å². The summed E-state index contributed by atoms with van der Waals surface area (Å²) in [5, 5.41) is 40.1. The molecule has 0 aromatic rings. The fourth-order valence-corrected chi connectivity index (χ4v) is 7.15. The summed E-state index contributed by atoms with van der Waals surface area (Å²) in [4.78, 5) is 48.7. The van der Waals surface area contributed by atoms with Crippen molar-refractivity contribution in [3.63, 3.8) is 0 Å². The molecule has 0 saturated heterocycles. The van der Waals surface area contributed by atoms with E-state index in [0.29, 0.717) is 5.41 Å². The van der Waals surface area contributed by atoms with Crippen LogP contribution in [0.2, 0.25) is 0 Å². The van der Waals surface area contributed by atoms with Gasteiger partial charge in [0.25, 0.3) is 23.9 Å². The summed E-state index contributed by atoms with van der Waals surface area (Å²) in [5.41, 5.74) is 0.0679. The van der Waals surface area contributed by atoms with Crippen LogP contribution >= 0.6 is 0 Å². The fourth-order valence-electron chi connectivity index (χ4n) is 7.15. The summed E-state index contributed by atoms with van der Waals surface area (Å²) in [7, 11) is 0. The first-order chi connectivity index (χ1) is 26.4. The van der Waals surface area contributed by atoms with Crippen LogP contribution < -0.4 is 0 Å². The lowest BCUT2D eigenvalue weighted by atomic mass is 9.70. The van der Waals surface area contributed by atoms with E-state index in [1.165, 1.54) is 154 Å². The van der Waals surface area contributed by atoms with Gasteiger partial charge in [-0.15, -0.1) is 0 Å². The summed E-state index contributed by atoms with van der Waals surface area (Å²) in [6.45, 7) is 15.8. The minimum Gasteiger partial charge on any atom is -0.481 e. The second-order valence-corrected chi connectivity index (χ2v) is 15.8. The first kappa shape index (κ1) is 62.5. The van der Waals surface area contributed by atoms with Crippen LogP contribution in [0.25, 0.3) is 0 Å². The van der Waals surface area contributed by atoms with Gasteiger partial charge in [-0.1, -0.05) is 182 Å². The van der Waals surface area contributed by atoms with Crippen molar-refractivity contribution >= 4 is 29.8 Å². The van der Waals surface area contributed by atoms with E-state index in [-0.39, 0.29) is 0 Å².